The van der Waals surface area contributed by atoms with Gasteiger partial charge >= 0.3 is 5.97 Å². The maximum absolute atomic E-state index is 12.1. The molecule has 0 fully saturated rings. The van der Waals surface area contributed by atoms with E-state index in [-0.39, 0.29) is 18.8 Å². The van der Waals surface area contributed by atoms with Crippen molar-refractivity contribution in [2.45, 2.75) is 38.7 Å². The zero-order valence-electron chi connectivity index (χ0n) is 15.5. The molecule has 0 amide bonds. The number of Topliss-reactive ketones (excluding diaryl/α,β-unsaturated/α-hetero) is 2. The van der Waals surface area contributed by atoms with E-state index in [9.17, 15) is 14.4 Å². The van der Waals surface area contributed by atoms with Gasteiger partial charge in [0.15, 0.2) is 5.78 Å². The van der Waals surface area contributed by atoms with Gasteiger partial charge in [0.2, 0.25) is 5.78 Å². The van der Waals surface area contributed by atoms with E-state index < -0.39 is 11.8 Å². The Bertz CT molecular complexity index is 750. The lowest BCUT2D eigenvalue weighted by atomic mass is 10.0. The van der Waals surface area contributed by atoms with Gasteiger partial charge < -0.3 is 9.47 Å². The zero-order valence-corrected chi connectivity index (χ0v) is 15.5. The SMILES string of the molecule is COc1ccc(C(=O)CCCCCC(=O)C(=O)OCc2ccccc2)cc1. The van der Waals surface area contributed by atoms with Crippen molar-refractivity contribution in [3.63, 3.8) is 0 Å². The highest BCUT2D eigenvalue weighted by Crippen LogP contribution is 2.14. The van der Waals surface area contributed by atoms with Gasteiger partial charge in [0, 0.05) is 18.4 Å². The molecule has 0 saturated heterocycles. The van der Waals surface area contributed by atoms with E-state index >= 15 is 0 Å². The Labute approximate surface area is 159 Å². The lowest BCUT2D eigenvalue weighted by Gasteiger charge is -2.05. The van der Waals surface area contributed by atoms with Gasteiger partial charge in [-0.05, 0) is 42.7 Å². The van der Waals surface area contributed by atoms with E-state index in [1.54, 1.807) is 31.4 Å². The second-order valence-corrected chi connectivity index (χ2v) is 6.20. The fourth-order valence-corrected chi connectivity index (χ4v) is 2.57. The molecule has 0 saturated carbocycles. The predicted molar refractivity (Wildman–Crippen MR) is 102 cm³/mol. The average Bonchev–Trinajstić information content (AvgIpc) is 2.72. The number of ether oxygens (including phenoxy) is 2. The summed E-state index contributed by atoms with van der Waals surface area (Å²) in [7, 11) is 1.58. The standard InChI is InChI=1S/C22H24O5/c1-26-19-14-12-18(13-15-19)20(23)10-6-3-7-11-21(24)22(25)27-16-17-8-4-2-5-9-17/h2,4-5,8-9,12-15H,3,6-7,10-11,16H2,1H3. The highest BCUT2D eigenvalue weighted by molar-refractivity contribution is 6.33. The summed E-state index contributed by atoms with van der Waals surface area (Å²) < 4.78 is 10.1. The van der Waals surface area contributed by atoms with Gasteiger partial charge in [-0.1, -0.05) is 36.8 Å². The van der Waals surface area contributed by atoms with Crippen molar-refractivity contribution in [2.75, 3.05) is 7.11 Å². The van der Waals surface area contributed by atoms with Crippen LogP contribution in [-0.2, 0) is 20.9 Å². The van der Waals surface area contributed by atoms with Crippen LogP contribution in [0.3, 0.4) is 0 Å². The van der Waals surface area contributed by atoms with Gasteiger partial charge in [-0.2, -0.15) is 0 Å². The third kappa shape index (κ3) is 7.05. The normalized spacial score (nSPS) is 10.3. The molecule has 0 aliphatic carbocycles. The van der Waals surface area contributed by atoms with Crippen LogP contribution in [0.4, 0.5) is 0 Å². The molecule has 2 aromatic rings. The molecule has 0 aromatic heterocycles. The predicted octanol–water partition coefficient (Wildman–Crippen LogP) is 4.14. The number of benzene rings is 2. The van der Waals surface area contributed by atoms with Crippen molar-refractivity contribution in [3.05, 3.63) is 65.7 Å². The molecule has 2 aromatic carbocycles. The number of hydrogen-bond donors (Lipinski definition) is 0. The number of esters is 1. The lowest BCUT2D eigenvalue weighted by molar-refractivity contribution is -0.154. The molecule has 27 heavy (non-hydrogen) atoms. The number of rotatable bonds is 11. The Morgan fingerprint density at radius 1 is 0.815 bits per heavy atom. The smallest absolute Gasteiger partial charge is 0.374 e. The summed E-state index contributed by atoms with van der Waals surface area (Å²) in [4.78, 5) is 35.6. The van der Waals surface area contributed by atoms with E-state index in [0.717, 1.165) is 5.56 Å². The average molecular weight is 368 g/mol. The first-order chi connectivity index (χ1) is 13.1. The maximum atomic E-state index is 12.1. The van der Waals surface area contributed by atoms with Crippen molar-refractivity contribution in [1.82, 2.24) is 0 Å². The molecule has 5 heteroatoms. The lowest BCUT2D eigenvalue weighted by Crippen LogP contribution is -2.17. The van der Waals surface area contributed by atoms with Crippen molar-refractivity contribution in [2.24, 2.45) is 0 Å². The summed E-state index contributed by atoms with van der Waals surface area (Å²) in [5.74, 6) is -0.545. The molecular formula is C22H24O5. The molecule has 0 aliphatic heterocycles. The zero-order chi connectivity index (χ0) is 19.5. The molecule has 0 radical (unpaired) electrons. The first-order valence-electron chi connectivity index (χ1n) is 9.01. The van der Waals surface area contributed by atoms with Gasteiger partial charge in [-0.3, -0.25) is 9.59 Å². The van der Waals surface area contributed by atoms with Gasteiger partial charge in [-0.15, -0.1) is 0 Å². The molecular weight excluding hydrogens is 344 g/mol. The van der Waals surface area contributed by atoms with Crippen LogP contribution in [0.1, 0.15) is 48.0 Å². The van der Waals surface area contributed by atoms with Crippen LogP contribution in [0.15, 0.2) is 54.6 Å². The van der Waals surface area contributed by atoms with E-state index in [2.05, 4.69) is 0 Å². The molecule has 0 atom stereocenters. The maximum Gasteiger partial charge on any atom is 0.374 e. The molecule has 0 spiro atoms. The van der Waals surface area contributed by atoms with Crippen molar-refractivity contribution < 1.29 is 23.9 Å². The molecule has 2 rings (SSSR count). The number of carbonyl (C=O) groups is 3. The number of methoxy groups -OCH3 is 1. The fourth-order valence-electron chi connectivity index (χ4n) is 2.57. The first kappa shape index (κ1) is 20.4. The largest absolute Gasteiger partial charge is 0.497 e. The van der Waals surface area contributed by atoms with Crippen LogP contribution in [0.2, 0.25) is 0 Å². The second-order valence-electron chi connectivity index (χ2n) is 6.20. The number of ketones is 2. The summed E-state index contributed by atoms with van der Waals surface area (Å²) in [6.45, 7) is 0.0990. The molecule has 0 aliphatic rings. The van der Waals surface area contributed by atoms with Crippen LogP contribution >= 0.6 is 0 Å². The molecule has 0 N–H and O–H groups in total. The Morgan fingerprint density at radius 2 is 1.48 bits per heavy atom. The third-order valence-electron chi connectivity index (χ3n) is 4.16. The number of hydrogen-bond acceptors (Lipinski definition) is 5. The quantitative estimate of drug-likeness (QED) is 0.258. The molecule has 0 bridgehead atoms. The minimum atomic E-state index is -0.798. The second kappa shape index (κ2) is 10.9. The molecule has 0 unspecified atom stereocenters. The molecule has 0 heterocycles. The molecule has 142 valence electrons. The summed E-state index contributed by atoms with van der Waals surface area (Å²) in [6, 6.07) is 16.2. The Balaban J connectivity index is 1.60. The van der Waals surface area contributed by atoms with Crippen LogP contribution in [-0.4, -0.2) is 24.6 Å². The highest BCUT2D eigenvalue weighted by Gasteiger charge is 2.15. The monoisotopic (exact) mass is 368 g/mol. The van der Waals surface area contributed by atoms with Gasteiger partial charge in [0.05, 0.1) is 7.11 Å². The fraction of sp³-hybridized carbons (Fsp3) is 0.318. The van der Waals surface area contributed by atoms with Crippen molar-refractivity contribution >= 4 is 17.5 Å². The summed E-state index contributed by atoms with van der Waals surface area (Å²) in [5, 5.41) is 0. The Morgan fingerprint density at radius 3 is 2.15 bits per heavy atom. The van der Waals surface area contributed by atoms with Crippen LogP contribution in [0.5, 0.6) is 5.75 Å². The van der Waals surface area contributed by atoms with Crippen molar-refractivity contribution in [3.8, 4) is 5.75 Å². The summed E-state index contributed by atoms with van der Waals surface area (Å²) in [5.41, 5.74) is 1.49. The number of unbranched alkanes of at least 4 members (excludes halogenated alkanes) is 2. The van der Waals surface area contributed by atoms with Gasteiger partial charge in [0.25, 0.3) is 0 Å². The Hall–Kier alpha value is -2.95. The number of carbonyl (C=O) groups excluding carboxylic acids is 3. The minimum absolute atomic E-state index is 0.0613. The van der Waals surface area contributed by atoms with E-state index in [1.807, 2.05) is 30.3 Å². The summed E-state index contributed by atoms with van der Waals surface area (Å²) >= 11 is 0. The highest BCUT2D eigenvalue weighted by atomic mass is 16.5. The van der Waals surface area contributed by atoms with Crippen molar-refractivity contribution in [1.29, 1.82) is 0 Å². The van der Waals surface area contributed by atoms with Crippen LogP contribution in [0.25, 0.3) is 0 Å². The first-order valence-corrected chi connectivity index (χ1v) is 9.01. The van der Waals surface area contributed by atoms with E-state index in [4.69, 9.17) is 9.47 Å². The Kier molecular flexibility index (Phi) is 8.23. The molecule has 5 nitrogen and oxygen atoms in total. The van der Waals surface area contributed by atoms with E-state index in [1.165, 1.54) is 0 Å². The van der Waals surface area contributed by atoms with Gasteiger partial charge in [0.1, 0.15) is 12.4 Å². The third-order valence-corrected chi connectivity index (χ3v) is 4.16. The van der Waals surface area contributed by atoms with Crippen LogP contribution < -0.4 is 4.74 Å². The van der Waals surface area contributed by atoms with Gasteiger partial charge in [-0.25, -0.2) is 4.79 Å². The topological polar surface area (TPSA) is 69.7 Å². The van der Waals surface area contributed by atoms with E-state index in [0.29, 0.717) is 37.0 Å². The van der Waals surface area contributed by atoms with Crippen LogP contribution in [0, 0.1) is 0 Å². The summed E-state index contributed by atoms with van der Waals surface area (Å²) in [6.07, 6.45) is 2.51. The minimum Gasteiger partial charge on any atom is -0.497 e.